The maximum absolute atomic E-state index is 12.7. The molecule has 1 atom stereocenters. The van der Waals surface area contributed by atoms with Crippen molar-refractivity contribution in [1.29, 1.82) is 0 Å². The number of hydrogen-bond acceptors (Lipinski definition) is 2. The molecule has 20 heavy (non-hydrogen) atoms. The van der Waals surface area contributed by atoms with E-state index in [0.29, 0.717) is 6.42 Å². The maximum atomic E-state index is 12.7. The number of rotatable bonds is 3. The molecule has 1 unspecified atom stereocenters. The van der Waals surface area contributed by atoms with Crippen molar-refractivity contribution < 1.29 is 27.9 Å². The smallest absolute Gasteiger partial charge is 0.396 e. The molecule has 1 saturated carbocycles. The van der Waals surface area contributed by atoms with E-state index in [4.69, 9.17) is 5.11 Å². The van der Waals surface area contributed by atoms with Crippen molar-refractivity contribution in [3.63, 3.8) is 0 Å². The normalized spacial score (nSPS) is 28.3. The second-order valence-electron chi connectivity index (χ2n) is 5.97. The summed E-state index contributed by atoms with van der Waals surface area (Å²) in [5.41, 5.74) is -2.79. The number of aliphatic carboxylic acids is 1. The van der Waals surface area contributed by atoms with Crippen LogP contribution in [0.25, 0.3) is 0 Å². The van der Waals surface area contributed by atoms with Gasteiger partial charge in [-0.1, -0.05) is 0 Å². The van der Waals surface area contributed by atoms with Crippen LogP contribution in [-0.4, -0.2) is 47.8 Å². The molecular formula is C12H17F3N2O3. The van der Waals surface area contributed by atoms with E-state index in [-0.39, 0.29) is 25.9 Å². The van der Waals surface area contributed by atoms with Gasteiger partial charge in [0.1, 0.15) is 0 Å². The fourth-order valence-corrected chi connectivity index (χ4v) is 2.38. The van der Waals surface area contributed by atoms with E-state index in [1.807, 2.05) is 0 Å². The number of halogens is 3. The molecule has 0 spiro atoms. The van der Waals surface area contributed by atoms with E-state index in [1.54, 1.807) is 0 Å². The van der Waals surface area contributed by atoms with Crippen LogP contribution >= 0.6 is 0 Å². The lowest BCUT2D eigenvalue weighted by Crippen LogP contribution is -2.45. The van der Waals surface area contributed by atoms with E-state index in [0.717, 1.165) is 0 Å². The Labute approximate surface area is 114 Å². The predicted molar refractivity (Wildman–Crippen MR) is 63.1 cm³/mol. The highest BCUT2D eigenvalue weighted by Gasteiger charge is 2.63. The summed E-state index contributed by atoms with van der Waals surface area (Å²) in [6.45, 7) is 1.36. The zero-order valence-corrected chi connectivity index (χ0v) is 11.1. The van der Waals surface area contributed by atoms with Gasteiger partial charge in [-0.2, -0.15) is 13.2 Å². The molecule has 2 amide bonds. The van der Waals surface area contributed by atoms with Gasteiger partial charge < -0.3 is 15.3 Å². The summed E-state index contributed by atoms with van der Waals surface area (Å²) in [5, 5.41) is 11.3. The zero-order valence-electron chi connectivity index (χ0n) is 11.1. The molecule has 0 bridgehead atoms. The van der Waals surface area contributed by atoms with Crippen molar-refractivity contribution in [3.8, 4) is 0 Å². The van der Waals surface area contributed by atoms with Crippen molar-refractivity contribution in [1.82, 2.24) is 10.2 Å². The lowest BCUT2D eigenvalue weighted by Gasteiger charge is -2.23. The number of likely N-dealkylation sites (tertiary alicyclic amines) is 1. The molecule has 8 heteroatoms. The van der Waals surface area contributed by atoms with Gasteiger partial charge >= 0.3 is 18.2 Å². The lowest BCUT2D eigenvalue weighted by atomic mass is 9.90. The third-order valence-electron chi connectivity index (χ3n) is 4.31. The van der Waals surface area contributed by atoms with Crippen LogP contribution in [0.4, 0.5) is 18.0 Å². The number of urea groups is 1. The average Bonchev–Trinajstić information content (AvgIpc) is 3.03. The fraction of sp³-hybridized carbons (Fsp3) is 0.833. The van der Waals surface area contributed by atoms with Crippen molar-refractivity contribution in [2.75, 3.05) is 19.6 Å². The quantitative estimate of drug-likeness (QED) is 0.834. The van der Waals surface area contributed by atoms with Crippen molar-refractivity contribution in [2.45, 2.75) is 32.4 Å². The van der Waals surface area contributed by atoms with E-state index < -0.39 is 35.6 Å². The molecule has 1 aliphatic heterocycles. The van der Waals surface area contributed by atoms with E-state index in [9.17, 15) is 22.8 Å². The van der Waals surface area contributed by atoms with Crippen molar-refractivity contribution >= 4 is 12.0 Å². The number of hydrogen-bond donors (Lipinski definition) is 2. The first kappa shape index (κ1) is 14.9. The van der Waals surface area contributed by atoms with E-state index >= 15 is 0 Å². The Morgan fingerprint density at radius 1 is 1.30 bits per heavy atom. The standard InChI is InChI=1S/C12H17F3N2O3/c1-10(8(18)19)4-5-17(7-10)9(20)16-6-11(2-3-11)12(13,14)15/h2-7H2,1H3,(H,16,20)(H,18,19). The Morgan fingerprint density at radius 2 is 1.90 bits per heavy atom. The minimum absolute atomic E-state index is 0.0210. The van der Waals surface area contributed by atoms with Gasteiger partial charge in [0.05, 0.1) is 10.8 Å². The Bertz CT molecular complexity index is 434. The SMILES string of the molecule is CC1(C(=O)O)CCN(C(=O)NCC2(C(F)(F)F)CC2)C1. The van der Waals surface area contributed by atoms with Crippen LogP contribution in [0.5, 0.6) is 0 Å². The molecule has 1 heterocycles. The number of carboxylic acids is 1. The fourth-order valence-electron chi connectivity index (χ4n) is 2.38. The number of amides is 2. The molecule has 2 rings (SSSR count). The predicted octanol–water partition coefficient (Wildman–Crippen LogP) is 1.84. The molecule has 5 nitrogen and oxygen atoms in total. The molecule has 1 aliphatic carbocycles. The zero-order chi connectivity index (χ0) is 15.2. The molecule has 2 N–H and O–H groups in total. The van der Waals surface area contributed by atoms with Gasteiger partial charge in [0, 0.05) is 19.6 Å². The first-order valence-electron chi connectivity index (χ1n) is 6.43. The number of alkyl halides is 3. The summed E-state index contributed by atoms with van der Waals surface area (Å²) >= 11 is 0. The monoisotopic (exact) mass is 294 g/mol. The molecule has 0 aromatic carbocycles. The average molecular weight is 294 g/mol. The van der Waals surface area contributed by atoms with Gasteiger partial charge in [0.15, 0.2) is 0 Å². The summed E-state index contributed by atoms with van der Waals surface area (Å²) in [4.78, 5) is 24.1. The first-order chi connectivity index (χ1) is 9.10. The molecule has 0 aromatic heterocycles. The van der Waals surface area contributed by atoms with Crippen molar-refractivity contribution in [2.24, 2.45) is 10.8 Å². The maximum Gasteiger partial charge on any atom is 0.396 e. The lowest BCUT2D eigenvalue weighted by molar-refractivity contribution is -0.184. The number of nitrogens with one attached hydrogen (secondary N) is 1. The Balaban J connectivity index is 1.87. The van der Waals surface area contributed by atoms with Crippen LogP contribution in [0.1, 0.15) is 26.2 Å². The first-order valence-corrected chi connectivity index (χ1v) is 6.43. The minimum atomic E-state index is -4.30. The summed E-state index contributed by atoms with van der Waals surface area (Å²) in [7, 11) is 0. The Hall–Kier alpha value is -1.47. The number of carboxylic acid groups (broad SMARTS) is 1. The highest BCUT2D eigenvalue weighted by atomic mass is 19.4. The molecule has 1 saturated heterocycles. The molecular weight excluding hydrogens is 277 g/mol. The molecule has 2 fully saturated rings. The molecule has 2 aliphatic rings. The van der Waals surface area contributed by atoms with E-state index in [1.165, 1.54) is 11.8 Å². The second kappa shape index (κ2) is 4.53. The number of carbonyl (C=O) groups excluding carboxylic acids is 1. The van der Waals surface area contributed by atoms with Gasteiger partial charge in [-0.05, 0) is 26.2 Å². The Morgan fingerprint density at radius 3 is 2.30 bits per heavy atom. The molecule has 0 aromatic rings. The minimum Gasteiger partial charge on any atom is -0.481 e. The van der Waals surface area contributed by atoms with Crippen LogP contribution in [0.15, 0.2) is 0 Å². The third-order valence-corrected chi connectivity index (χ3v) is 4.31. The third kappa shape index (κ3) is 2.55. The number of carbonyl (C=O) groups is 2. The van der Waals surface area contributed by atoms with Crippen LogP contribution in [-0.2, 0) is 4.79 Å². The van der Waals surface area contributed by atoms with Gasteiger partial charge in [0.2, 0.25) is 0 Å². The molecule has 114 valence electrons. The van der Waals surface area contributed by atoms with Crippen molar-refractivity contribution in [3.05, 3.63) is 0 Å². The number of nitrogens with zero attached hydrogens (tertiary/aromatic N) is 1. The second-order valence-corrected chi connectivity index (χ2v) is 5.97. The summed E-state index contributed by atoms with van der Waals surface area (Å²) in [5.74, 6) is -0.998. The van der Waals surface area contributed by atoms with Crippen LogP contribution in [0, 0.1) is 10.8 Å². The Kier molecular flexibility index (Phi) is 3.38. The van der Waals surface area contributed by atoms with Gasteiger partial charge in [-0.3, -0.25) is 4.79 Å². The van der Waals surface area contributed by atoms with Gasteiger partial charge in [-0.25, -0.2) is 4.79 Å². The van der Waals surface area contributed by atoms with E-state index in [2.05, 4.69) is 5.32 Å². The summed E-state index contributed by atoms with van der Waals surface area (Å²) in [6, 6.07) is -0.620. The topological polar surface area (TPSA) is 69.6 Å². The van der Waals surface area contributed by atoms with Crippen LogP contribution in [0.2, 0.25) is 0 Å². The molecule has 0 radical (unpaired) electrons. The van der Waals surface area contributed by atoms with Crippen LogP contribution < -0.4 is 5.32 Å². The highest BCUT2D eigenvalue weighted by molar-refractivity contribution is 5.79. The summed E-state index contributed by atoms with van der Waals surface area (Å²) in [6.07, 6.45) is -3.94. The largest absolute Gasteiger partial charge is 0.481 e. The highest BCUT2D eigenvalue weighted by Crippen LogP contribution is 2.57. The van der Waals surface area contributed by atoms with Gasteiger partial charge in [0.25, 0.3) is 0 Å². The van der Waals surface area contributed by atoms with Crippen LogP contribution in [0.3, 0.4) is 0 Å². The van der Waals surface area contributed by atoms with Gasteiger partial charge in [-0.15, -0.1) is 0 Å². The summed E-state index contributed by atoms with van der Waals surface area (Å²) < 4.78 is 38.1.